The Hall–Kier alpha value is -2.43. The summed E-state index contributed by atoms with van der Waals surface area (Å²) in [5, 5.41) is 12.3. The summed E-state index contributed by atoms with van der Waals surface area (Å²) in [5.74, 6) is 2.27. The Bertz CT molecular complexity index is 1000. The average Bonchev–Trinajstić information content (AvgIpc) is 3.43. The number of nitrogens with zero attached hydrogens (tertiary/aromatic N) is 7. The minimum absolute atomic E-state index is 0. The van der Waals surface area contributed by atoms with Crippen LogP contribution in [-0.4, -0.2) is 55.5 Å². The molecule has 8 nitrogen and oxygen atoms in total. The van der Waals surface area contributed by atoms with Crippen molar-refractivity contribution < 1.29 is 0 Å². The Balaban J connectivity index is 0.00000256. The Kier molecular flexibility index (Phi) is 7.11. The molecule has 3 aromatic rings. The van der Waals surface area contributed by atoms with Crippen LogP contribution in [0.25, 0.3) is 5.82 Å². The second kappa shape index (κ2) is 9.59. The van der Waals surface area contributed by atoms with E-state index in [-0.39, 0.29) is 24.0 Å². The van der Waals surface area contributed by atoms with E-state index < -0.39 is 0 Å². The minimum Gasteiger partial charge on any atom is -0.352 e. The van der Waals surface area contributed by atoms with Crippen molar-refractivity contribution in [2.45, 2.75) is 32.7 Å². The van der Waals surface area contributed by atoms with Crippen LogP contribution in [0, 0.1) is 13.8 Å². The number of nitrogens with one attached hydrogen (secondary N) is 1. The van der Waals surface area contributed by atoms with Crippen LogP contribution in [0.2, 0.25) is 0 Å². The first kappa shape index (κ1) is 22.3. The van der Waals surface area contributed by atoms with Crippen LogP contribution in [0.3, 0.4) is 0 Å². The third kappa shape index (κ3) is 4.82. The largest absolute Gasteiger partial charge is 0.352 e. The number of likely N-dealkylation sites (tertiary alicyclic amines) is 1. The molecule has 30 heavy (non-hydrogen) atoms. The molecule has 1 aliphatic heterocycles. The van der Waals surface area contributed by atoms with Gasteiger partial charge < -0.3 is 10.2 Å². The van der Waals surface area contributed by atoms with Gasteiger partial charge in [-0.2, -0.15) is 10.2 Å². The summed E-state index contributed by atoms with van der Waals surface area (Å²) in [5.41, 5.74) is 4.49. The van der Waals surface area contributed by atoms with Gasteiger partial charge in [-0.1, -0.05) is 6.07 Å². The van der Waals surface area contributed by atoms with Gasteiger partial charge in [-0.05, 0) is 43.5 Å². The maximum atomic E-state index is 4.58. The highest BCUT2D eigenvalue weighted by Crippen LogP contribution is 2.26. The molecule has 3 aromatic heterocycles. The summed E-state index contributed by atoms with van der Waals surface area (Å²) in [6.07, 6.45) is 7.10. The van der Waals surface area contributed by atoms with Gasteiger partial charge in [0, 0.05) is 57.7 Å². The van der Waals surface area contributed by atoms with Gasteiger partial charge >= 0.3 is 0 Å². The lowest BCUT2D eigenvalue weighted by molar-refractivity contribution is 0.485. The molecule has 1 fully saturated rings. The molecule has 160 valence electrons. The molecule has 1 atom stereocenters. The van der Waals surface area contributed by atoms with Gasteiger partial charge in [0.1, 0.15) is 0 Å². The van der Waals surface area contributed by atoms with Crippen LogP contribution in [0.15, 0.2) is 41.8 Å². The van der Waals surface area contributed by atoms with E-state index in [4.69, 9.17) is 0 Å². The molecule has 1 aliphatic rings. The molecule has 0 aromatic carbocycles. The topological polar surface area (TPSA) is 76.2 Å². The maximum absolute atomic E-state index is 4.58. The predicted molar refractivity (Wildman–Crippen MR) is 129 cm³/mol. The zero-order chi connectivity index (χ0) is 20.4. The molecule has 1 unspecified atom stereocenters. The normalized spacial score (nSPS) is 16.6. The van der Waals surface area contributed by atoms with Crippen molar-refractivity contribution in [1.82, 2.24) is 34.8 Å². The molecule has 0 bridgehead atoms. The highest BCUT2D eigenvalue weighted by molar-refractivity contribution is 14.0. The fraction of sp³-hybridized carbons (Fsp3) is 0.429. The number of aromatic nitrogens is 5. The van der Waals surface area contributed by atoms with Crippen LogP contribution in [0.5, 0.6) is 0 Å². The van der Waals surface area contributed by atoms with E-state index in [2.05, 4.69) is 48.7 Å². The van der Waals surface area contributed by atoms with E-state index >= 15 is 0 Å². The number of halogens is 1. The van der Waals surface area contributed by atoms with Crippen LogP contribution in [0.4, 0.5) is 0 Å². The maximum Gasteiger partial charge on any atom is 0.193 e. The third-order valence-corrected chi connectivity index (χ3v) is 5.38. The SMILES string of the molecule is CN=C(NCc1ccc(-n2nc(C)cc2C)nc1)N1CCC(c2cnn(C)c2)C1.I. The van der Waals surface area contributed by atoms with Gasteiger partial charge in [-0.25, -0.2) is 9.67 Å². The molecule has 0 spiro atoms. The monoisotopic (exact) mass is 520 g/mol. The van der Waals surface area contributed by atoms with E-state index in [1.165, 1.54) is 5.56 Å². The standard InChI is InChI=1S/C21H28N8.HI/c1-15-9-16(2)29(26-15)20-6-5-17(10-23-20)11-24-21(22-3)28-8-7-18(14-28)19-12-25-27(4)13-19;/h5-6,9-10,12-13,18H,7-8,11,14H2,1-4H3,(H,22,24);1H. The van der Waals surface area contributed by atoms with Gasteiger partial charge in [-0.15, -0.1) is 24.0 Å². The summed E-state index contributed by atoms with van der Waals surface area (Å²) >= 11 is 0. The van der Waals surface area contributed by atoms with Crippen LogP contribution in [-0.2, 0) is 13.6 Å². The van der Waals surface area contributed by atoms with E-state index in [1.54, 1.807) is 0 Å². The molecule has 0 amide bonds. The Morgan fingerprint density at radius 3 is 2.70 bits per heavy atom. The Morgan fingerprint density at radius 1 is 1.27 bits per heavy atom. The van der Waals surface area contributed by atoms with Crippen molar-refractivity contribution >= 4 is 29.9 Å². The molecule has 4 rings (SSSR count). The number of guanidine groups is 1. The summed E-state index contributed by atoms with van der Waals surface area (Å²) in [4.78, 5) is 11.4. The summed E-state index contributed by atoms with van der Waals surface area (Å²) in [6, 6.07) is 6.14. The quantitative estimate of drug-likeness (QED) is 0.326. The van der Waals surface area contributed by atoms with Crippen molar-refractivity contribution in [1.29, 1.82) is 0 Å². The van der Waals surface area contributed by atoms with Crippen LogP contribution >= 0.6 is 24.0 Å². The fourth-order valence-corrected chi connectivity index (χ4v) is 3.90. The summed E-state index contributed by atoms with van der Waals surface area (Å²) in [7, 11) is 3.80. The number of hydrogen-bond acceptors (Lipinski definition) is 4. The van der Waals surface area contributed by atoms with Crippen LogP contribution < -0.4 is 5.32 Å². The summed E-state index contributed by atoms with van der Waals surface area (Å²) in [6.45, 7) is 6.67. The van der Waals surface area contributed by atoms with Crippen molar-refractivity contribution in [2.75, 3.05) is 20.1 Å². The third-order valence-electron chi connectivity index (χ3n) is 5.38. The Morgan fingerprint density at radius 2 is 2.10 bits per heavy atom. The summed E-state index contributed by atoms with van der Waals surface area (Å²) < 4.78 is 3.74. The fourth-order valence-electron chi connectivity index (χ4n) is 3.90. The van der Waals surface area contributed by atoms with Gasteiger partial charge in [0.05, 0.1) is 11.9 Å². The minimum atomic E-state index is 0. The molecule has 0 saturated carbocycles. The van der Waals surface area contributed by atoms with Crippen LogP contribution in [0.1, 0.15) is 34.9 Å². The average molecular weight is 520 g/mol. The molecule has 1 saturated heterocycles. The van der Waals surface area contributed by atoms with Crippen molar-refractivity contribution in [2.24, 2.45) is 12.0 Å². The molecule has 9 heteroatoms. The lowest BCUT2D eigenvalue weighted by Gasteiger charge is -2.21. The first-order valence-electron chi connectivity index (χ1n) is 9.96. The van der Waals surface area contributed by atoms with Gasteiger partial charge in [0.25, 0.3) is 0 Å². The molecule has 1 N–H and O–H groups in total. The highest BCUT2D eigenvalue weighted by Gasteiger charge is 2.26. The van der Waals surface area contributed by atoms with E-state index in [0.717, 1.165) is 48.2 Å². The number of aryl methyl sites for hydroxylation is 3. The molecule has 0 radical (unpaired) electrons. The van der Waals surface area contributed by atoms with E-state index in [1.807, 2.05) is 55.8 Å². The number of aliphatic imine (C=N–C) groups is 1. The van der Waals surface area contributed by atoms with Crippen molar-refractivity contribution in [3.63, 3.8) is 0 Å². The lowest BCUT2D eigenvalue weighted by atomic mass is 10.0. The highest BCUT2D eigenvalue weighted by atomic mass is 127. The molecular formula is C21H29IN8. The van der Waals surface area contributed by atoms with Crippen molar-refractivity contribution in [3.05, 3.63) is 59.3 Å². The number of hydrogen-bond donors (Lipinski definition) is 1. The zero-order valence-electron chi connectivity index (χ0n) is 17.9. The number of pyridine rings is 1. The molecule has 0 aliphatic carbocycles. The number of rotatable bonds is 4. The van der Waals surface area contributed by atoms with Gasteiger partial charge in [-0.3, -0.25) is 9.67 Å². The zero-order valence-corrected chi connectivity index (χ0v) is 20.2. The van der Waals surface area contributed by atoms with Gasteiger partial charge in [0.2, 0.25) is 0 Å². The smallest absolute Gasteiger partial charge is 0.193 e. The van der Waals surface area contributed by atoms with Crippen molar-refractivity contribution in [3.8, 4) is 5.82 Å². The second-order valence-electron chi connectivity index (χ2n) is 7.64. The lowest BCUT2D eigenvalue weighted by Crippen LogP contribution is -2.39. The van der Waals surface area contributed by atoms with Gasteiger partial charge in [0.15, 0.2) is 11.8 Å². The predicted octanol–water partition coefficient (Wildman–Crippen LogP) is 2.80. The van der Waals surface area contributed by atoms with E-state index in [0.29, 0.717) is 12.5 Å². The van der Waals surface area contributed by atoms with E-state index in [9.17, 15) is 0 Å². The first-order valence-corrected chi connectivity index (χ1v) is 9.96. The second-order valence-corrected chi connectivity index (χ2v) is 7.64. The Labute approximate surface area is 194 Å². The molecular weight excluding hydrogens is 491 g/mol. The first-order chi connectivity index (χ1) is 14.0. The molecule has 4 heterocycles.